The van der Waals surface area contributed by atoms with Crippen molar-refractivity contribution in [3.05, 3.63) is 82.7 Å². The summed E-state index contributed by atoms with van der Waals surface area (Å²) < 4.78 is 13.3. The Morgan fingerprint density at radius 1 is 1.08 bits per heavy atom. The van der Waals surface area contributed by atoms with Gasteiger partial charge >= 0.3 is 0 Å². The van der Waals surface area contributed by atoms with Gasteiger partial charge in [0.1, 0.15) is 5.82 Å². The Morgan fingerprint density at radius 2 is 1.83 bits per heavy atom. The first kappa shape index (κ1) is 18.2. The van der Waals surface area contributed by atoms with Crippen LogP contribution in [0.25, 0.3) is 11.1 Å². The molecule has 1 heteroatoms. The van der Waals surface area contributed by atoms with Crippen molar-refractivity contribution in [1.29, 1.82) is 0 Å². The van der Waals surface area contributed by atoms with E-state index < -0.39 is 0 Å². The van der Waals surface area contributed by atoms with E-state index in [0.717, 1.165) is 30.4 Å². The second-order valence-corrected chi connectivity index (χ2v) is 6.56. The molecule has 0 saturated carbocycles. The summed E-state index contributed by atoms with van der Waals surface area (Å²) in [6.07, 6.45) is 5.02. The van der Waals surface area contributed by atoms with Gasteiger partial charge in [0.15, 0.2) is 0 Å². The highest BCUT2D eigenvalue weighted by molar-refractivity contribution is 5.73. The molecule has 0 radical (unpaired) electrons. The first-order valence-electron chi connectivity index (χ1n) is 8.59. The molecule has 0 aliphatic carbocycles. The van der Waals surface area contributed by atoms with Crippen LogP contribution < -0.4 is 0 Å². The monoisotopic (exact) mass is 322 g/mol. The van der Waals surface area contributed by atoms with Crippen LogP contribution in [0, 0.1) is 12.7 Å². The minimum Gasteiger partial charge on any atom is -0.207 e. The highest BCUT2D eigenvalue weighted by Gasteiger charge is 2.09. The SMILES string of the molecule is C=C(C)c1cc(C)c(/C(C)=C/C)cc1CCCc1cccc(F)c1. The van der Waals surface area contributed by atoms with Crippen molar-refractivity contribution in [3.63, 3.8) is 0 Å². The number of halogens is 1. The molecule has 0 aliphatic rings. The smallest absolute Gasteiger partial charge is 0.123 e. The van der Waals surface area contributed by atoms with Gasteiger partial charge in [0.2, 0.25) is 0 Å². The summed E-state index contributed by atoms with van der Waals surface area (Å²) in [5.74, 6) is -0.156. The van der Waals surface area contributed by atoms with Crippen LogP contribution in [0.5, 0.6) is 0 Å². The van der Waals surface area contributed by atoms with Gasteiger partial charge in [0, 0.05) is 0 Å². The summed E-state index contributed by atoms with van der Waals surface area (Å²) in [6.45, 7) is 12.6. The van der Waals surface area contributed by atoms with Crippen LogP contribution in [0.4, 0.5) is 4.39 Å². The lowest BCUT2D eigenvalue weighted by atomic mass is 9.90. The quantitative estimate of drug-likeness (QED) is 0.551. The van der Waals surface area contributed by atoms with Gasteiger partial charge in [0.25, 0.3) is 0 Å². The summed E-state index contributed by atoms with van der Waals surface area (Å²) in [7, 11) is 0. The summed E-state index contributed by atoms with van der Waals surface area (Å²) in [5.41, 5.74) is 8.64. The molecular weight excluding hydrogens is 295 g/mol. The molecule has 0 N–H and O–H groups in total. The van der Waals surface area contributed by atoms with Crippen LogP contribution in [0.3, 0.4) is 0 Å². The van der Waals surface area contributed by atoms with Gasteiger partial charge in [-0.05, 0) is 92.5 Å². The molecule has 0 nitrogen and oxygen atoms in total. The van der Waals surface area contributed by atoms with E-state index in [1.807, 2.05) is 6.07 Å². The number of hydrogen-bond acceptors (Lipinski definition) is 0. The Morgan fingerprint density at radius 3 is 2.46 bits per heavy atom. The van der Waals surface area contributed by atoms with Crippen LogP contribution in [0.1, 0.15) is 55.0 Å². The highest BCUT2D eigenvalue weighted by Crippen LogP contribution is 2.28. The molecule has 2 aromatic carbocycles. The Labute approximate surface area is 145 Å². The molecule has 0 heterocycles. The lowest BCUT2D eigenvalue weighted by molar-refractivity contribution is 0.624. The Bertz CT molecular complexity index is 766. The fourth-order valence-corrected chi connectivity index (χ4v) is 3.11. The van der Waals surface area contributed by atoms with Crippen molar-refractivity contribution >= 4 is 11.1 Å². The molecule has 0 aliphatic heterocycles. The van der Waals surface area contributed by atoms with Gasteiger partial charge in [-0.15, -0.1) is 0 Å². The van der Waals surface area contributed by atoms with Gasteiger partial charge < -0.3 is 0 Å². The zero-order chi connectivity index (χ0) is 17.7. The standard InChI is InChI=1S/C23H27F/c1-6-17(4)23-15-20(22(16(2)3)13-18(23)5)11-7-9-19-10-8-12-21(24)14-19/h6,8,10,12-15H,2,7,9,11H2,1,3-5H3/b17-6+. The van der Waals surface area contributed by atoms with E-state index >= 15 is 0 Å². The highest BCUT2D eigenvalue weighted by atomic mass is 19.1. The predicted octanol–water partition coefficient (Wildman–Crippen LogP) is 6.77. The molecule has 0 unspecified atom stereocenters. The van der Waals surface area contributed by atoms with Crippen molar-refractivity contribution < 1.29 is 4.39 Å². The van der Waals surface area contributed by atoms with Gasteiger partial charge in [-0.25, -0.2) is 4.39 Å². The normalized spacial score (nSPS) is 11.6. The third kappa shape index (κ3) is 4.44. The molecule has 0 bridgehead atoms. The third-order valence-corrected chi connectivity index (χ3v) is 4.57. The molecule has 126 valence electrons. The van der Waals surface area contributed by atoms with E-state index in [2.05, 4.69) is 52.5 Å². The molecule has 24 heavy (non-hydrogen) atoms. The Hall–Kier alpha value is -2.15. The van der Waals surface area contributed by atoms with E-state index in [4.69, 9.17) is 0 Å². The van der Waals surface area contributed by atoms with E-state index in [1.165, 1.54) is 33.9 Å². The lowest BCUT2D eigenvalue weighted by Crippen LogP contribution is -1.99. The van der Waals surface area contributed by atoms with Crippen LogP contribution >= 0.6 is 0 Å². The molecule has 0 aromatic heterocycles. The third-order valence-electron chi connectivity index (χ3n) is 4.57. The molecule has 0 atom stereocenters. The van der Waals surface area contributed by atoms with Crippen LogP contribution in [-0.2, 0) is 12.8 Å². The van der Waals surface area contributed by atoms with E-state index in [9.17, 15) is 4.39 Å². The molecule has 0 spiro atoms. The fourth-order valence-electron chi connectivity index (χ4n) is 3.11. The molecule has 0 saturated heterocycles. The van der Waals surface area contributed by atoms with Crippen molar-refractivity contribution in [1.82, 2.24) is 0 Å². The van der Waals surface area contributed by atoms with Gasteiger partial charge in [-0.2, -0.15) is 0 Å². The summed E-state index contributed by atoms with van der Waals surface area (Å²) >= 11 is 0. The maximum atomic E-state index is 13.3. The largest absolute Gasteiger partial charge is 0.207 e. The second kappa shape index (κ2) is 8.10. The first-order valence-corrected chi connectivity index (χ1v) is 8.59. The first-order chi connectivity index (χ1) is 11.4. The summed E-state index contributed by atoms with van der Waals surface area (Å²) in [5, 5.41) is 0. The van der Waals surface area contributed by atoms with Crippen molar-refractivity contribution in [2.24, 2.45) is 0 Å². The van der Waals surface area contributed by atoms with E-state index in [0.29, 0.717) is 0 Å². The molecular formula is C23H27F. The van der Waals surface area contributed by atoms with Crippen LogP contribution in [0.2, 0.25) is 0 Å². The number of hydrogen-bond donors (Lipinski definition) is 0. The number of rotatable bonds is 6. The minimum absolute atomic E-state index is 0.156. The zero-order valence-corrected chi connectivity index (χ0v) is 15.2. The van der Waals surface area contributed by atoms with Crippen molar-refractivity contribution in [3.8, 4) is 0 Å². The van der Waals surface area contributed by atoms with E-state index in [1.54, 1.807) is 12.1 Å². The zero-order valence-electron chi connectivity index (χ0n) is 15.2. The van der Waals surface area contributed by atoms with Crippen LogP contribution in [-0.4, -0.2) is 0 Å². The van der Waals surface area contributed by atoms with Gasteiger partial charge in [-0.1, -0.05) is 42.5 Å². The average molecular weight is 322 g/mol. The number of allylic oxidation sites excluding steroid dienone is 3. The predicted molar refractivity (Wildman–Crippen MR) is 104 cm³/mol. The lowest BCUT2D eigenvalue weighted by Gasteiger charge is -2.15. The number of aryl methyl sites for hydroxylation is 3. The Kier molecular flexibility index (Phi) is 6.14. The number of benzene rings is 2. The fraction of sp³-hybridized carbons (Fsp3) is 0.304. The topological polar surface area (TPSA) is 0 Å². The molecule has 0 amide bonds. The average Bonchev–Trinajstić information content (AvgIpc) is 2.55. The van der Waals surface area contributed by atoms with Crippen LogP contribution in [0.15, 0.2) is 49.1 Å². The summed E-state index contributed by atoms with van der Waals surface area (Å²) in [6, 6.07) is 11.5. The maximum absolute atomic E-state index is 13.3. The van der Waals surface area contributed by atoms with E-state index in [-0.39, 0.29) is 5.82 Å². The van der Waals surface area contributed by atoms with Crippen molar-refractivity contribution in [2.75, 3.05) is 0 Å². The molecule has 0 fully saturated rings. The Balaban J connectivity index is 2.22. The van der Waals surface area contributed by atoms with Gasteiger partial charge in [-0.3, -0.25) is 0 Å². The second-order valence-electron chi connectivity index (χ2n) is 6.56. The molecule has 2 aromatic rings. The molecule has 2 rings (SSSR count). The maximum Gasteiger partial charge on any atom is 0.123 e. The summed E-state index contributed by atoms with van der Waals surface area (Å²) in [4.78, 5) is 0. The van der Waals surface area contributed by atoms with Crippen molar-refractivity contribution in [2.45, 2.75) is 47.0 Å². The van der Waals surface area contributed by atoms with Gasteiger partial charge in [0.05, 0.1) is 0 Å². The minimum atomic E-state index is -0.156.